The number of amides is 2. The van der Waals surface area contributed by atoms with Crippen LogP contribution in [0.1, 0.15) is 57.6 Å². The number of hydrogen-bond acceptors (Lipinski definition) is 2. The molecule has 0 fully saturated rings. The molecule has 0 aromatic heterocycles. The third-order valence-electron chi connectivity index (χ3n) is 5.06. The molecule has 1 aromatic carbocycles. The van der Waals surface area contributed by atoms with Gasteiger partial charge in [0.05, 0.1) is 19.2 Å². The summed E-state index contributed by atoms with van der Waals surface area (Å²) in [6, 6.07) is 9.28. The van der Waals surface area contributed by atoms with Crippen LogP contribution in [0.25, 0.3) is 0 Å². The number of aliphatic hydroxyl groups is 1. The highest BCUT2D eigenvalue weighted by molar-refractivity contribution is 5.75. The number of nitrogens with zero attached hydrogens (tertiary/aromatic N) is 1. The Balaban J connectivity index is 2.19. The van der Waals surface area contributed by atoms with E-state index in [9.17, 15) is 9.90 Å². The summed E-state index contributed by atoms with van der Waals surface area (Å²) >= 11 is 0. The van der Waals surface area contributed by atoms with Crippen molar-refractivity contribution in [3.63, 3.8) is 0 Å². The number of carbonyl (C=O) groups is 1. The smallest absolute Gasteiger partial charge is 0.317 e. The van der Waals surface area contributed by atoms with Crippen molar-refractivity contribution in [2.24, 2.45) is 5.41 Å². The van der Waals surface area contributed by atoms with E-state index < -0.39 is 6.10 Å². The van der Waals surface area contributed by atoms with Crippen LogP contribution in [-0.4, -0.2) is 29.6 Å². The Morgan fingerprint density at radius 3 is 2.65 bits per heavy atom. The van der Waals surface area contributed by atoms with E-state index >= 15 is 0 Å². The lowest BCUT2D eigenvalue weighted by Crippen LogP contribution is -2.43. The Kier molecular flexibility index (Phi) is 7.70. The van der Waals surface area contributed by atoms with Crippen molar-refractivity contribution in [2.45, 2.75) is 52.1 Å². The molecule has 2 amide bonds. The highest BCUT2D eigenvalue weighted by atomic mass is 16.3. The fourth-order valence-corrected chi connectivity index (χ4v) is 3.65. The average molecular weight is 357 g/mol. The molecule has 0 saturated carbocycles. The van der Waals surface area contributed by atoms with Crippen LogP contribution in [0.15, 0.2) is 42.0 Å². The van der Waals surface area contributed by atoms with Crippen molar-refractivity contribution >= 4 is 6.03 Å². The van der Waals surface area contributed by atoms with Crippen molar-refractivity contribution in [3.05, 3.63) is 60.5 Å². The van der Waals surface area contributed by atoms with Crippen molar-refractivity contribution < 1.29 is 9.90 Å². The van der Waals surface area contributed by atoms with Gasteiger partial charge in [0.15, 0.2) is 0 Å². The monoisotopic (exact) mass is 356 g/mol. The molecule has 2 radical (unpaired) electrons. The fourth-order valence-electron chi connectivity index (χ4n) is 3.65. The summed E-state index contributed by atoms with van der Waals surface area (Å²) in [7, 11) is 1.62. The largest absolute Gasteiger partial charge is 0.387 e. The summed E-state index contributed by atoms with van der Waals surface area (Å²) in [5.74, 6) is 0. The number of benzene rings is 1. The maximum absolute atomic E-state index is 12.5. The molecule has 142 valence electrons. The summed E-state index contributed by atoms with van der Waals surface area (Å²) in [5.41, 5.74) is 1.90. The Morgan fingerprint density at radius 2 is 2.08 bits per heavy atom. The standard InChI is InChI=1S/C22H32N2O2/c1-4-15-22(2,19-13-9-6-10-14-19)17-24(21(26)23-3)16-20(25)18-11-7-5-8-12-18/h5,7-8,11-13,15,17,20,25H,4,6,9-10,14,16H2,1-3H3,(H,23,26). The summed E-state index contributed by atoms with van der Waals surface area (Å²) in [6.07, 6.45) is 9.37. The molecule has 0 aliphatic heterocycles. The number of carbonyl (C=O) groups excluding carboxylic acids is 1. The average Bonchev–Trinajstić information content (AvgIpc) is 2.68. The van der Waals surface area contributed by atoms with Gasteiger partial charge in [0.1, 0.15) is 0 Å². The SMILES string of the molecule is CC[CH]C(C)([CH]N(CC(O)c1ccccc1)C(=O)NC)C1=CCCCC1. The van der Waals surface area contributed by atoms with E-state index in [1.807, 2.05) is 36.9 Å². The molecule has 2 atom stereocenters. The predicted octanol–water partition coefficient (Wildman–Crippen LogP) is 4.64. The van der Waals surface area contributed by atoms with E-state index in [0.29, 0.717) is 0 Å². The zero-order chi connectivity index (χ0) is 19.0. The Bertz CT molecular complexity index is 599. The van der Waals surface area contributed by atoms with Crippen LogP contribution >= 0.6 is 0 Å². The molecular formula is C22H32N2O2. The first kappa shape index (κ1) is 20.5. The van der Waals surface area contributed by atoms with E-state index in [4.69, 9.17) is 0 Å². The first-order chi connectivity index (χ1) is 12.5. The quantitative estimate of drug-likeness (QED) is 0.667. The van der Waals surface area contributed by atoms with E-state index in [1.165, 1.54) is 18.4 Å². The lowest BCUT2D eigenvalue weighted by atomic mass is 9.73. The van der Waals surface area contributed by atoms with Crippen LogP contribution in [0.3, 0.4) is 0 Å². The third kappa shape index (κ3) is 5.34. The first-order valence-corrected chi connectivity index (χ1v) is 9.61. The molecule has 0 heterocycles. The summed E-state index contributed by atoms with van der Waals surface area (Å²) < 4.78 is 0. The zero-order valence-corrected chi connectivity index (χ0v) is 16.2. The zero-order valence-electron chi connectivity index (χ0n) is 16.2. The van der Waals surface area contributed by atoms with E-state index in [1.54, 1.807) is 11.9 Å². The molecule has 1 aliphatic carbocycles. The number of urea groups is 1. The minimum Gasteiger partial charge on any atom is -0.387 e. The Hall–Kier alpha value is -1.81. The van der Waals surface area contributed by atoms with Crippen LogP contribution in [0.2, 0.25) is 0 Å². The van der Waals surface area contributed by atoms with Crippen LogP contribution in [0, 0.1) is 18.4 Å². The van der Waals surface area contributed by atoms with Crippen LogP contribution < -0.4 is 5.32 Å². The molecular weight excluding hydrogens is 324 g/mol. The molecule has 1 aliphatic rings. The van der Waals surface area contributed by atoms with Crippen LogP contribution in [0.5, 0.6) is 0 Å². The van der Waals surface area contributed by atoms with Gasteiger partial charge in [0.25, 0.3) is 0 Å². The minimum atomic E-state index is -0.726. The van der Waals surface area contributed by atoms with Crippen molar-refractivity contribution in [1.82, 2.24) is 10.2 Å². The normalized spacial score (nSPS) is 17.8. The lowest BCUT2D eigenvalue weighted by Gasteiger charge is -2.38. The van der Waals surface area contributed by atoms with E-state index in [0.717, 1.165) is 24.8 Å². The maximum Gasteiger partial charge on any atom is 0.317 e. The molecule has 0 saturated heterocycles. The fraction of sp³-hybridized carbons (Fsp3) is 0.500. The molecule has 4 nitrogen and oxygen atoms in total. The number of nitrogens with one attached hydrogen (secondary N) is 1. The topological polar surface area (TPSA) is 52.6 Å². The van der Waals surface area contributed by atoms with Gasteiger partial charge in [-0.2, -0.15) is 0 Å². The first-order valence-electron chi connectivity index (χ1n) is 9.61. The predicted molar refractivity (Wildman–Crippen MR) is 106 cm³/mol. The van der Waals surface area contributed by atoms with Gasteiger partial charge < -0.3 is 15.3 Å². The molecule has 0 bridgehead atoms. The highest BCUT2D eigenvalue weighted by Crippen LogP contribution is 2.41. The summed E-state index contributed by atoms with van der Waals surface area (Å²) in [4.78, 5) is 14.1. The second kappa shape index (κ2) is 9.77. The molecule has 2 unspecified atom stereocenters. The summed E-state index contributed by atoms with van der Waals surface area (Å²) in [6.45, 7) is 6.50. The molecule has 0 spiro atoms. The molecule has 26 heavy (non-hydrogen) atoms. The minimum absolute atomic E-state index is 0.202. The number of allylic oxidation sites excluding steroid dienone is 1. The van der Waals surface area contributed by atoms with Gasteiger partial charge in [0.2, 0.25) is 0 Å². The van der Waals surface area contributed by atoms with Gasteiger partial charge in [-0.15, -0.1) is 0 Å². The highest BCUT2D eigenvalue weighted by Gasteiger charge is 2.34. The van der Waals surface area contributed by atoms with Gasteiger partial charge in [0, 0.05) is 12.5 Å². The Labute approximate surface area is 158 Å². The Morgan fingerprint density at radius 1 is 1.35 bits per heavy atom. The van der Waals surface area contributed by atoms with Gasteiger partial charge in [-0.3, -0.25) is 0 Å². The summed E-state index contributed by atoms with van der Waals surface area (Å²) in [5, 5.41) is 13.3. The number of hydrogen-bond donors (Lipinski definition) is 2. The number of rotatable bonds is 8. The number of aliphatic hydroxyl groups excluding tert-OH is 1. The second-order valence-corrected chi connectivity index (χ2v) is 7.13. The van der Waals surface area contributed by atoms with Crippen molar-refractivity contribution in [3.8, 4) is 0 Å². The third-order valence-corrected chi connectivity index (χ3v) is 5.06. The lowest BCUT2D eigenvalue weighted by molar-refractivity contribution is 0.125. The van der Waals surface area contributed by atoms with E-state index in [-0.39, 0.29) is 18.0 Å². The van der Waals surface area contributed by atoms with Gasteiger partial charge in [-0.05, 0) is 37.7 Å². The van der Waals surface area contributed by atoms with Crippen LogP contribution in [-0.2, 0) is 0 Å². The van der Waals surface area contributed by atoms with Gasteiger partial charge in [-0.1, -0.05) is 62.2 Å². The molecule has 1 aromatic rings. The molecule has 2 N–H and O–H groups in total. The van der Waals surface area contributed by atoms with Gasteiger partial charge in [-0.25, -0.2) is 4.79 Å². The molecule has 2 rings (SSSR count). The maximum atomic E-state index is 12.5. The van der Waals surface area contributed by atoms with Crippen molar-refractivity contribution in [1.29, 1.82) is 0 Å². The van der Waals surface area contributed by atoms with Crippen molar-refractivity contribution in [2.75, 3.05) is 13.6 Å². The second-order valence-electron chi connectivity index (χ2n) is 7.13. The molecule has 4 heteroatoms. The van der Waals surface area contributed by atoms with E-state index in [2.05, 4.69) is 31.7 Å². The van der Waals surface area contributed by atoms with Crippen LogP contribution in [0.4, 0.5) is 4.79 Å². The van der Waals surface area contributed by atoms with Gasteiger partial charge >= 0.3 is 6.03 Å².